The van der Waals surface area contributed by atoms with Crippen LogP contribution < -0.4 is 5.32 Å². The number of sulfone groups is 1. The van der Waals surface area contributed by atoms with Crippen molar-refractivity contribution >= 4 is 20.4 Å². The number of hydrogen-bond acceptors (Lipinski definition) is 2. The summed E-state index contributed by atoms with van der Waals surface area (Å²) in [6, 6.07) is 15.6. The Labute approximate surface area is 106 Å². The summed E-state index contributed by atoms with van der Waals surface area (Å²) in [6.07, 6.45) is 1.42. The van der Waals surface area contributed by atoms with Crippen molar-refractivity contribution < 1.29 is 8.42 Å². The van der Waals surface area contributed by atoms with Crippen LogP contribution in [-0.4, -0.2) is 8.42 Å². The monoisotopic (exact) mass is 256 g/mol. The number of hydrogen-bond donors (Lipinski definition) is 0. The van der Waals surface area contributed by atoms with Crippen LogP contribution in [0.3, 0.4) is 0 Å². The fourth-order valence-electron chi connectivity index (χ4n) is 1.93. The predicted octanol–water partition coefficient (Wildman–Crippen LogP) is 2.71. The van der Waals surface area contributed by atoms with Gasteiger partial charge in [-0.3, -0.25) is 5.32 Å². The van der Waals surface area contributed by atoms with E-state index in [0.29, 0.717) is 16.1 Å². The molecular formula is C14H10NO2S. The Bertz CT molecular complexity index is 718. The molecule has 2 aromatic rings. The third kappa shape index (κ3) is 1.62. The van der Waals surface area contributed by atoms with E-state index in [1.165, 1.54) is 6.20 Å². The molecule has 3 rings (SSSR count). The van der Waals surface area contributed by atoms with Crippen LogP contribution in [0.1, 0.15) is 5.56 Å². The molecule has 18 heavy (non-hydrogen) atoms. The Kier molecular flexibility index (Phi) is 2.45. The molecule has 0 amide bonds. The first kappa shape index (κ1) is 11.0. The Morgan fingerprint density at radius 2 is 1.50 bits per heavy atom. The molecule has 1 aliphatic heterocycles. The number of nitrogens with zero attached hydrogens (tertiary/aromatic N) is 1. The summed E-state index contributed by atoms with van der Waals surface area (Å²) in [4.78, 5) is 0.562. The van der Waals surface area contributed by atoms with Gasteiger partial charge in [0.2, 0.25) is 9.84 Å². The van der Waals surface area contributed by atoms with E-state index in [4.69, 9.17) is 0 Å². The van der Waals surface area contributed by atoms with E-state index in [0.717, 1.165) is 0 Å². The Morgan fingerprint density at radius 1 is 0.833 bits per heavy atom. The van der Waals surface area contributed by atoms with Gasteiger partial charge in [-0.15, -0.1) is 0 Å². The summed E-state index contributed by atoms with van der Waals surface area (Å²) >= 11 is 0. The van der Waals surface area contributed by atoms with Gasteiger partial charge in [-0.1, -0.05) is 36.4 Å². The normalized spacial score (nSPS) is 13.7. The maximum absolute atomic E-state index is 12.5. The van der Waals surface area contributed by atoms with E-state index in [2.05, 4.69) is 5.32 Å². The van der Waals surface area contributed by atoms with Gasteiger partial charge in [0.05, 0.1) is 15.5 Å². The highest BCUT2D eigenvalue weighted by Gasteiger charge is 2.27. The Hall–Kier alpha value is -2.07. The van der Waals surface area contributed by atoms with Crippen molar-refractivity contribution in [2.24, 2.45) is 0 Å². The summed E-state index contributed by atoms with van der Waals surface area (Å²) < 4.78 is 24.9. The molecule has 1 radical (unpaired) electrons. The number of rotatable bonds is 2. The Balaban J connectivity index is 2.14. The third-order valence-corrected chi connectivity index (χ3v) is 4.63. The molecule has 0 N–H and O–H groups in total. The van der Waals surface area contributed by atoms with E-state index in [1.54, 1.807) is 42.5 Å². The van der Waals surface area contributed by atoms with Crippen LogP contribution in [0.4, 0.5) is 5.69 Å². The highest BCUT2D eigenvalue weighted by atomic mass is 32.2. The lowest BCUT2D eigenvalue weighted by molar-refractivity contribution is 0.606. The topological polar surface area (TPSA) is 48.2 Å². The SMILES string of the molecule is O=S(=O)(C1=C[N]c2ccccc21)c1ccccc1. The van der Waals surface area contributed by atoms with Crippen molar-refractivity contribution in [2.75, 3.05) is 0 Å². The second-order valence-electron chi connectivity index (χ2n) is 3.96. The molecule has 3 nitrogen and oxygen atoms in total. The average Bonchev–Trinajstić information content (AvgIpc) is 2.84. The van der Waals surface area contributed by atoms with Crippen LogP contribution in [-0.2, 0) is 9.84 Å². The largest absolute Gasteiger partial charge is 0.255 e. The maximum Gasteiger partial charge on any atom is 0.208 e. The van der Waals surface area contributed by atoms with Gasteiger partial charge in [-0.25, -0.2) is 8.42 Å². The zero-order valence-electron chi connectivity index (χ0n) is 9.45. The lowest BCUT2D eigenvalue weighted by atomic mass is 10.2. The Morgan fingerprint density at radius 3 is 2.28 bits per heavy atom. The van der Waals surface area contributed by atoms with Gasteiger partial charge in [-0.2, -0.15) is 0 Å². The zero-order chi connectivity index (χ0) is 12.6. The molecule has 4 heteroatoms. The van der Waals surface area contributed by atoms with E-state index >= 15 is 0 Å². The van der Waals surface area contributed by atoms with Crippen LogP contribution in [0.2, 0.25) is 0 Å². The van der Waals surface area contributed by atoms with E-state index < -0.39 is 9.84 Å². The summed E-state index contributed by atoms with van der Waals surface area (Å²) in [7, 11) is -3.48. The molecule has 0 aromatic heterocycles. The second kappa shape index (κ2) is 3.99. The molecule has 0 spiro atoms. The fraction of sp³-hybridized carbons (Fsp3) is 0. The molecule has 1 aliphatic rings. The van der Waals surface area contributed by atoms with Gasteiger partial charge >= 0.3 is 0 Å². The minimum Gasteiger partial charge on any atom is -0.255 e. The number of benzene rings is 2. The molecule has 2 aromatic carbocycles. The molecule has 0 aliphatic carbocycles. The van der Waals surface area contributed by atoms with E-state index in [9.17, 15) is 8.42 Å². The smallest absolute Gasteiger partial charge is 0.208 e. The van der Waals surface area contributed by atoms with Crippen LogP contribution in [0.15, 0.2) is 65.7 Å². The van der Waals surface area contributed by atoms with Crippen molar-refractivity contribution in [3.05, 3.63) is 66.4 Å². The van der Waals surface area contributed by atoms with E-state index in [1.807, 2.05) is 12.1 Å². The van der Waals surface area contributed by atoms with Crippen molar-refractivity contribution in [3.63, 3.8) is 0 Å². The van der Waals surface area contributed by atoms with Crippen LogP contribution in [0.25, 0.3) is 4.91 Å². The lowest BCUT2D eigenvalue weighted by Crippen LogP contribution is -2.02. The molecule has 0 saturated carbocycles. The van der Waals surface area contributed by atoms with Gasteiger partial charge in [0.25, 0.3) is 0 Å². The third-order valence-electron chi connectivity index (χ3n) is 2.83. The van der Waals surface area contributed by atoms with E-state index in [-0.39, 0.29) is 4.91 Å². The van der Waals surface area contributed by atoms with Crippen molar-refractivity contribution in [1.82, 2.24) is 5.32 Å². The first-order valence-electron chi connectivity index (χ1n) is 5.50. The van der Waals surface area contributed by atoms with Crippen LogP contribution >= 0.6 is 0 Å². The molecule has 0 fully saturated rings. The summed E-state index contributed by atoms with van der Waals surface area (Å²) in [6.45, 7) is 0. The average molecular weight is 256 g/mol. The number of para-hydroxylation sites is 1. The molecule has 1 heterocycles. The highest BCUT2D eigenvalue weighted by Crippen LogP contribution is 2.36. The molecule has 0 atom stereocenters. The fourth-order valence-corrected chi connectivity index (χ4v) is 3.36. The molecule has 89 valence electrons. The molecule has 0 unspecified atom stereocenters. The molecule has 0 bridgehead atoms. The van der Waals surface area contributed by atoms with Gasteiger partial charge in [0, 0.05) is 11.8 Å². The lowest BCUT2D eigenvalue weighted by Gasteiger charge is -2.05. The standard InChI is InChI=1S/C14H10NO2S/c16-18(17,11-6-2-1-3-7-11)14-10-15-13-9-5-4-8-12(13)14/h1-10H. The first-order chi connectivity index (χ1) is 8.69. The van der Waals surface area contributed by atoms with Crippen molar-refractivity contribution in [3.8, 4) is 0 Å². The second-order valence-corrected chi connectivity index (χ2v) is 5.87. The van der Waals surface area contributed by atoms with Crippen molar-refractivity contribution in [2.45, 2.75) is 4.90 Å². The first-order valence-corrected chi connectivity index (χ1v) is 6.98. The molecule has 0 saturated heterocycles. The van der Waals surface area contributed by atoms with Crippen LogP contribution in [0.5, 0.6) is 0 Å². The van der Waals surface area contributed by atoms with Gasteiger partial charge in [0.15, 0.2) is 0 Å². The zero-order valence-corrected chi connectivity index (χ0v) is 10.3. The van der Waals surface area contributed by atoms with Crippen LogP contribution in [0, 0.1) is 0 Å². The van der Waals surface area contributed by atoms with Gasteiger partial charge in [0.1, 0.15) is 0 Å². The number of fused-ring (bicyclic) bond motifs is 1. The maximum atomic E-state index is 12.5. The minimum absolute atomic E-state index is 0.268. The summed E-state index contributed by atoms with van der Waals surface area (Å²) in [5, 5.41) is 4.13. The summed E-state index contributed by atoms with van der Waals surface area (Å²) in [5.41, 5.74) is 1.37. The minimum atomic E-state index is -3.48. The highest BCUT2D eigenvalue weighted by molar-refractivity contribution is 8.00. The van der Waals surface area contributed by atoms with Gasteiger partial charge in [-0.05, 0) is 18.2 Å². The van der Waals surface area contributed by atoms with Gasteiger partial charge < -0.3 is 0 Å². The van der Waals surface area contributed by atoms with Crippen molar-refractivity contribution in [1.29, 1.82) is 0 Å². The quantitative estimate of drug-likeness (QED) is 0.829. The summed E-state index contributed by atoms with van der Waals surface area (Å²) in [5.74, 6) is 0. The predicted molar refractivity (Wildman–Crippen MR) is 69.8 cm³/mol. The molecular weight excluding hydrogens is 246 g/mol.